The number of rotatable bonds is 7. The standard InChI is InChI=1S/C20H19NO5/c1-25-17-8-6-13(11-18(17)26-2)15-12-14-5-3-4-10-21(14)20(15)16(22)7-9-19(23)24/h3-6,8,10-12H,7,9H2,1-2H3,(H,23,24). The molecule has 0 fully saturated rings. The molecule has 0 unspecified atom stereocenters. The normalized spacial score (nSPS) is 10.7. The van der Waals surface area contributed by atoms with Crippen LogP contribution in [0.2, 0.25) is 0 Å². The van der Waals surface area contributed by atoms with Gasteiger partial charge in [0.2, 0.25) is 0 Å². The van der Waals surface area contributed by atoms with Crippen molar-refractivity contribution < 1.29 is 24.2 Å². The van der Waals surface area contributed by atoms with Gasteiger partial charge >= 0.3 is 5.97 Å². The first-order chi connectivity index (χ1) is 12.5. The molecule has 2 aromatic heterocycles. The Morgan fingerprint density at radius 3 is 2.46 bits per heavy atom. The molecule has 0 saturated carbocycles. The summed E-state index contributed by atoms with van der Waals surface area (Å²) in [6, 6.07) is 13.0. The van der Waals surface area contributed by atoms with Crippen LogP contribution in [0.4, 0.5) is 0 Å². The van der Waals surface area contributed by atoms with Gasteiger partial charge in [0, 0.05) is 23.7 Å². The van der Waals surface area contributed by atoms with E-state index in [0.717, 1.165) is 16.6 Å². The van der Waals surface area contributed by atoms with E-state index < -0.39 is 5.97 Å². The van der Waals surface area contributed by atoms with Crippen LogP contribution in [-0.4, -0.2) is 35.5 Å². The monoisotopic (exact) mass is 353 g/mol. The van der Waals surface area contributed by atoms with Crippen LogP contribution in [0.1, 0.15) is 23.3 Å². The molecular formula is C20H19NO5. The van der Waals surface area contributed by atoms with Gasteiger partial charge in [0.1, 0.15) is 0 Å². The summed E-state index contributed by atoms with van der Waals surface area (Å²) in [7, 11) is 3.11. The number of methoxy groups -OCH3 is 2. The fourth-order valence-corrected chi connectivity index (χ4v) is 2.97. The van der Waals surface area contributed by atoms with E-state index in [1.165, 1.54) is 0 Å². The third-order valence-corrected chi connectivity index (χ3v) is 4.20. The van der Waals surface area contributed by atoms with Gasteiger partial charge in [-0.15, -0.1) is 0 Å². The number of fused-ring (bicyclic) bond motifs is 1. The molecule has 1 aromatic carbocycles. The molecule has 0 aliphatic heterocycles. The summed E-state index contributed by atoms with van der Waals surface area (Å²) >= 11 is 0. The second-order valence-electron chi connectivity index (χ2n) is 5.79. The number of ether oxygens (including phenoxy) is 2. The Labute approximate surface area is 150 Å². The summed E-state index contributed by atoms with van der Waals surface area (Å²) in [5, 5.41) is 8.90. The Morgan fingerprint density at radius 2 is 1.77 bits per heavy atom. The van der Waals surface area contributed by atoms with Gasteiger partial charge in [-0.1, -0.05) is 12.1 Å². The maximum Gasteiger partial charge on any atom is 0.303 e. The molecule has 0 aliphatic rings. The maximum atomic E-state index is 12.8. The first-order valence-corrected chi connectivity index (χ1v) is 8.12. The van der Waals surface area contributed by atoms with Crippen LogP contribution in [0, 0.1) is 0 Å². The molecule has 3 rings (SSSR count). The number of aliphatic carboxylic acids is 1. The third-order valence-electron chi connectivity index (χ3n) is 4.20. The number of ketones is 1. The molecule has 0 atom stereocenters. The lowest BCUT2D eigenvalue weighted by Gasteiger charge is -2.10. The molecule has 2 heterocycles. The predicted octanol–water partition coefficient (Wildman–Crippen LogP) is 3.67. The zero-order valence-corrected chi connectivity index (χ0v) is 14.6. The Bertz CT molecular complexity index is 973. The summed E-state index contributed by atoms with van der Waals surface area (Å²) in [5.74, 6) is -0.0572. The van der Waals surface area contributed by atoms with Gasteiger partial charge in [-0.3, -0.25) is 9.59 Å². The lowest BCUT2D eigenvalue weighted by Crippen LogP contribution is -2.08. The maximum absolute atomic E-state index is 12.8. The van der Waals surface area contributed by atoms with E-state index in [1.807, 2.05) is 36.4 Å². The van der Waals surface area contributed by atoms with Gasteiger partial charge in [0.25, 0.3) is 0 Å². The number of carboxylic acid groups (broad SMARTS) is 1. The summed E-state index contributed by atoms with van der Waals surface area (Å²) in [5.41, 5.74) is 2.85. The van der Waals surface area contributed by atoms with Crippen LogP contribution in [0.5, 0.6) is 11.5 Å². The Hall–Kier alpha value is -3.28. The van der Waals surface area contributed by atoms with Crippen LogP contribution in [-0.2, 0) is 4.79 Å². The first-order valence-electron chi connectivity index (χ1n) is 8.12. The van der Waals surface area contributed by atoms with Crippen molar-refractivity contribution in [1.29, 1.82) is 0 Å². The van der Waals surface area contributed by atoms with Gasteiger partial charge in [-0.2, -0.15) is 0 Å². The van der Waals surface area contributed by atoms with Crippen LogP contribution in [0.3, 0.4) is 0 Å². The number of aromatic nitrogens is 1. The summed E-state index contributed by atoms with van der Waals surface area (Å²) in [4.78, 5) is 23.6. The van der Waals surface area contributed by atoms with E-state index in [1.54, 1.807) is 30.9 Å². The van der Waals surface area contributed by atoms with Crippen molar-refractivity contribution in [2.45, 2.75) is 12.8 Å². The number of nitrogens with zero attached hydrogens (tertiary/aromatic N) is 1. The van der Waals surface area contributed by atoms with Gasteiger partial charge in [0.15, 0.2) is 17.3 Å². The van der Waals surface area contributed by atoms with Crippen molar-refractivity contribution >= 4 is 17.3 Å². The number of hydrogen-bond donors (Lipinski definition) is 1. The molecule has 0 bridgehead atoms. The second-order valence-corrected chi connectivity index (χ2v) is 5.79. The van der Waals surface area contributed by atoms with Gasteiger partial charge in [0.05, 0.1) is 26.3 Å². The average molecular weight is 353 g/mol. The van der Waals surface area contributed by atoms with Crippen molar-refractivity contribution in [3.63, 3.8) is 0 Å². The molecule has 0 amide bonds. The number of carbonyl (C=O) groups excluding carboxylic acids is 1. The molecule has 134 valence electrons. The summed E-state index contributed by atoms with van der Waals surface area (Å²) in [6.45, 7) is 0. The largest absolute Gasteiger partial charge is 0.493 e. The van der Waals surface area contributed by atoms with Crippen LogP contribution >= 0.6 is 0 Å². The third kappa shape index (κ3) is 3.26. The Balaban J connectivity index is 2.15. The van der Waals surface area contributed by atoms with Crippen molar-refractivity contribution in [2.75, 3.05) is 14.2 Å². The number of pyridine rings is 1. The van der Waals surface area contributed by atoms with E-state index >= 15 is 0 Å². The van der Waals surface area contributed by atoms with Crippen molar-refractivity contribution in [3.8, 4) is 22.6 Å². The van der Waals surface area contributed by atoms with E-state index in [2.05, 4.69) is 0 Å². The molecular weight excluding hydrogens is 334 g/mol. The molecule has 6 heteroatoms. The zero-order valence-electron chi connectivity index (χ0n) is 14.6. The van der Waals surface area contributed by atoms with Crippen molar-refractivity contribution in [2.24, 2.45) is 0 Å². The molecule has 3 aromatic rings. The lowest BCUT2D eigenvalue weighted by atomic mass is 10.0. The number of carbonyl (C=O) groups is 2. The van der Waals surface area contributed by atoms with Gasteiger partial charge < -0.3 is 19.0 Å². The smallest absolute Gasteiger partial charge is 0.303 e. The van der Waals surface area contributed by atoms with E-state index in [0.29, 0.717) is 17.2 Å². The van der Waals surface area contributed by atoms with Gasteiger partial charge in [-0.05, 0) is 35.9 Å². The van der Waals surface area contributed by atoms with Crippen LogP contribution < -0.4 is 9.47 Å². The molecule has 0 spiro atoms. The minimum absolute atomic E-state index is 0.0589. The highest BCUT2D eigenvalue weighted by Gasteiger charge is 2.20. The molecule has 0 aliphatic carbocycles. The minimum Gasteiger partial charge on any atom is -0.493 e. The molecule has 0 radical (unpaired) electrons. The first kappa shape index (κ1) is 17.5. The molecule has 1 N–H and O–H groups in total. The van der Waals surface area contributed by atoms with Crippen molar-refractivity contribution in [3.05, 3.63) is 54.4 Å². The van der Waals surface area contributed by atoms with E-state index in [-0.39, 0.29) is 18.6 Å². The number of Topliss-reactive ketones (excluding diaryl/α,β-unsaturated/α-hetero) is 1. The topological polar surface area (TPSA) is 77.2 Å². The van der Waals surface area contributed by atoms with E-state index in [4.69, 9.17) is 14.6 Å². The molecule has 26 heavy (non-hydrogen) atoms. The number of benzene rings is 1. The fraction of sp³-hybridized carbons (Fsp3) is 0.200. The number of hydrogen-bond acceptors (Lipinski definition) is 4. The van der Waals surface area contributed by atoms with Crippen LogP contribution in [0.15, 0.2) is 48.7 Å². The highest BCUT2D eigenvalue weighted by molar-refractivity contribution is 6.03. The molecule has 6 nitrogen and oxygen atoms in total. The zero-order chi connectivity index (χ0) is 18.7. The second kappa shape index (κ2) is 7.31. The average Bonchev–Trinajstić information content (AvgIpc) is 3.05. The van der Waals surface area contributed by atoms with Gasteiger partial charge in [-0.25, -0.2) is 0 Å². The summed E-state index contributed by atoms with van der Waals surface area (Å²) in [6.07, 6.45) is 1.54. The fourth-order valence-electron chi connectivity index (χ4n) is 2.97. The molecule has 0 saturated heterocycles. The Morgan fingerprint density at radius 1 is 1.00 bits per heavy atom. The SMILES string of the molecule is COc1ccc(-c2cc3ccccn3c2C(=O)CCC(=O)O)cc1OC. The Kier molecular flexibility index (Phi) is 4.93. The van der Waals surface area contributed by atoms with Crippen molar-refractivity contribution in [1.82, 2.24) is 4.40 Å². The minimum atomic E-state index is -0.994. The van der Waals surface area contributed by atoms with E-state index in [9.17, 15) is 9.59 Å². The highest BCUT2D eigenvalue weighted by atomic mass is 16.5. The van der Waals surface area contributed by atoms with Crippen LogP contribution in [0.25, 0.3) is 16.6 Å². The lowest BCUT2D eigenvalue weighted by molar-refractivity contribution is -0.136. The predicted molar refractivity (Wildman–Crippen MR) is 97.1 cm³/mol. The number of carboxylic acids is 1. The summed E-state index contributed by atoms with van der Waals surface area (Å²) < 4.78 is 12.4. The highest BCUT2D eigenvalue weighted by Crippen LogP contribution is 2.35. The quantitative estimate of drug-likeness (QED) is 0.656.